The monoisotopic (exact) mass is 303 g/mol. The number of carbonyl (C=O) groups is 1. The molecule has 3 aromatic rings. The largest absolute Gasteiger partial charge is 0.382 e. The summed E-state index contributed by atoms with van der Waals surface area (Å²) in [4.78, 5) is 19.3. The van der Waals surface area contributed by atoms with E-state index in [4.69, 9.17) is 23.7 Å². The van der Waals surface area contributed by atoms with E-state index >= 15 is 0 Å². The Balaban J connectivity index is 2.41. The van der Waals surface area contributed by atoms with Crippen LogP contribution in [0, 0.1) is 3.95 Å². The summed E-state index contributed by atoms with van der Waals surface area (Å²) in [7, 11) is 0. The van der Waals surface area contributed by atoms with Crippen molar-refractivity contribution >= 4 is 45.6 Å². The first-order valence-corrected chi connectivity index (χ1v) is 6.84. The molecule has 0 saturated heterocycles. The highest BCUT2D eigenvalue weighted by molar-refractivity contribution is 7.73. The number of thiazole rings is 1. The number of benzene rings is 1. The van der Waals surface area contributed by atoms with Crippen molar-refractivity contribution in [3.63, 3.8) is 0 Å². The standard InChI is InChI=1S/C12H9N5OS2/c13-8-7-11(16-10(15-8)9(14)18)17(12(19)20-7)6-4-2-1-3-5-6/h1-5H,(H2,14,18)(H2,13,15,16). The molecule has 0 aliphatic rings. The molecular weight excluding hydrogens is 294 g/mol. The average molecular weight is 303 g/mol. The number of fused-ring (bicyclic) bond motifs is 1. The van der Waals surface area contributed by atoms with Gasteiger partial charge >= 0.3 is 0 Å². The molecule has 2 heterocycles. The molecule has 20 heavy (non-hydrogen) atoms. The number of para-hydroxylation sites is 1. The zero-order chi connectivity index (χ0) is 14.3. The van der Waals surface area contributed by atoms with Gasteiger partial charge in [0.05, 0.1) is 0 Å². The number of nitrogens with two attached hydrogens (primary N) is 2. The second kappa shape index (κ2) is 4.66. The summed E-state index contributed by atoms with van der Waals surface area (Å²) < 4.78 is 2.97. The molecule has 2 aromatic heterocycles. The van der Waals surface area contributed by atoms with Crippen LogP contribution >= 0.6 is 23.6 Å². The summed E-state index contributed by atoms with van der Waals surface area (Å²) in [5.74, 6) is -0.641. The predicted molar refractivity (Wildman–Crippen MR) is 80.5 cm³/mol. The molecule has 1 aromatic carbocycles. The molecule has 0 fully saturated rings. The van der Waals surface area contributed by atoms with Gasteiger partial charge in [0.15, 0.2) is 9.60 Å². The molecule has 0 unspecified atom stereocenters. The van der Waals surface area contributed by atoms with Gasteiger partial charge in [0.2, 0.25) is 5.82 Å². The lowest BCUT2D eigenvalue weighted by Crippen LogP contribution is -2.16. The van der Waals surface area contributed by atoms with E-state index in [0.717, 1.165) is 5.69 Å². The minimum atomic E-state index is -0.727. The number of rotatable bonds is 2. The molecule has 4 N–H and O–H groups in total. The topological polar surface area (TPSA) is 99.8 Å². The molecule has 0 radical (unpaired) electrons. The van der Waals surface area contributed by atoms with Crippen molar-refractivity contribution in [1.29, 1.82) is 0 Å². The Bertz CT molecular complexity index is 869. The van der Waals surface area contributed by atoms with Crippen LogP contribution in [0.3, 0.4) is 0 Å². The predicted octanol–water partition coefficient (Wildman–Crippen LogP) is 1.89. The van der Waals surface area contributed by atoms with Crippen LogP contribution in [0.2, 0.25) is 0 Å². The molecule has 0 aliphatic carbocycles. The van der Waals surface area contributed by atoms with Crippen molar-refractivity contribution in [3.8, 4) is 5.69 Å². The first-order chi connectivity index (χ1) is 9.58. The van der Waals surface area contributed by atoms with E-state index in [1.165, 1.54) is 11.3 Å². The number of anilines is 1. The third kappa shape index (κ3) is 1.95. The van der Waals surface area contributed by atoms with Gasteiger partial charge < -0.3 is 11.5 Å². The van der Waals surface area contributed by atoms with Gasteiger partial charge in [-0.2, -0.15) is 0 Å². The number of primary amides is 1. The van der Waals surface area contributed by atoms with E-state index in [9.17, 15) is 4.79 Å². The molecule has 0 bridgehead atoms. The summed E-state index contributed by atoms with van der Waals surface area (Å²) >= 11 is 6.64. The fourth-order valence-electron chi connectivity index (χ4n) is 1.84. The second-order valence-electron chi connectivity index (χ2n) is 3.99. The van der Waals surface area contributed by atoms with Crippen LogP contribution < -0.4 is 11.5 Å². The Morgan fingerprint density at radius 1 is 1.25 bits per heavy atom. The van der Waals surface area contributed by atoms with Crippen LogP contribution in [0.25, 0.3) is 16.0 Å². The zero-order valence-corrected chi connectivity index (χ0v) is 11.7. The SMILES string of the molecule is NC(=O)c1nc(N)c2sc(=S)n(-c3ccccc3)c2n1. The number of nitrogens with zero attached hydrogens (tertiary/aromatic N) is 3. The summed E-state index contributed by atoms with van der Waals surface area (Å²) in [5.41, 5.74) is 12.4. The van der Waals surface area contributed by atoms with Crippen LogP contribution in [0.5, 0.6) is 0 Å². The maximum atomic E-state index is 11.3. The molecule has 3 rings (SSSR count). The summed E-state index contributed by atoms with van der Waals surface area (Å²) in [6, 6.07) is 9.47. The van der Waals surface area contributed by atoms with Gasteiger partial charge in [-0.15, -0.1) is 0 Å². The third-order valence-corrected chi connectivity index (χ3v) is 4.08. The van der Waals surface area contributed by atoms with Crippen LogP contribution in [0.4, 0.5) is 5.82 Å². The highest BCUT2D eigenvalue weighted by Crippen LogP contribution is 2.28. The maximum absolute atomic E-state index is 11.3. The molecule has 0 saturated carbocycles. The Morgan fingerprint density at radius 2 is 1.95 bits per heavy atom. The van der Waals surface area contributed by atoms with E-state index in [1.54, 1.807) is 4.57 Å². The lowest BCUT2D eigenvalue weighted by molar-refractivity contribution is 0.0991. The Morgan fingerprint density at radius 3 is 2.60 bits per heavy atom. The van der Waals surface area contributed by atoms with E-state index in [0.29, 0.717) is 14.3 Å². The number of hydrogen-bond donors (Lipinski definition) is 2. The van der Waals surface area contributed by atoms with Gasteiger partial charge in [-0.1, -0.05) is 29.5 Å². The smallest absolute Gasteiger partial charge is 0.286 e. The van der Waals surface area contributed by atoms with Crippen molar-refractivity contribution in [2.24, 2.45) is 5.73 Å². The number of aromatic nitrogens is 3. The van der Waals surface area contributed by atoms with Gasteiger partial charge in [0.25, 0.3) is 5.91 Å². The molecular formula is C12H9N5OS2. The number of hydrogen-bond acceptors (Lipinski definition) is 6. The minimum absolute atomic E-state index is 0.118. The number of amides is 1. The van der Waals surface area contributed by atoms with E-state index < -0.39 is 5.91 Å². The normalized spacial score (nSPS) is 10.8. The number of nitrogen functional groups attached to an aromatic ring is 1. The maximum Gasteiger partial charge on any atom is 0.286 e. The van der Waals surface area contributed by atoms with Crippen molar-refractivity contribution < 1.29 is 4.79 Å². The van der Waals surface area contributed by atoms with Gasteiger partial charge in [0, 0.05) is 5.69 Å². The molecule has 100 valence electrons. The van der Waals surface area contributed by atoms with Crippen LogP contribution in [-0.4, -0.2) is 20.4 Å². The molecule has 0 spiro atoms. The first-order valence-electron chi connectivity index (χ1n) is 5.62. The van der Waals surface area contributed by atoms with Gasteiger partial charge in [0.1, 0.15) is 10.5 Å². The van der Waals surface area contributed by atoms with Crippen molar-refractivity contribution in [3.05, 3.63) is 40.1 Å². The Labute approximate surface area is 122 Å². The van der Waals surface area contributed by atoms with E-state index in [1.807, 2.05) is 30.3 Å². The van der Waals surface area contributed by atoms with Gasteiger partial charge in [-0.3, -0.25) is 9.36 Å². The second-order valence-corrected chi connectivity index (χ2v) is 5.63. The van der Waals surface area contributed by atoms with Gasteiger partial charge in [-0.25, -0.2) is 9.97 Å². The van der Waals surface area contributed by atoms with Crippen molar-refractivity contribution in [1.82, 2.24) is 14.5 Å². The first kappa shape index (κ1) is 12.7. The fraction of sp³-hybridized carbons (Fsp3) is 0. The van der Waals surface area contributed by atoms with E-state index in [-0.39, 0.29) is 11.6 Å². The Kier molecular flexibility index (Phi) is 2.96. The molecule has 0 aliphatic heterocycles. The molecule has 6 nitrogen and oxygen atoms in total. The highest BCUT2D eigenvalue weighted by atomic mass is 32.1. The summed E-state index contributed by atoms with van der Waals surface area (Å²) in [6.07, 6.45) is 0. The lowest BCUT2D eigenvalue weighted by atomic mass is 10.3. The van der Waals surface area contributed by atoms with Crippen molar-refractivity contribution in [2.45, 2.75) is 0 Å². The third-order valence-electron chi connectivity index (χ3n) is 2.69. The van der Waals surface area contributed by atoms with Crippen LogP contribution in [0.15, 0.2) is 30.3 Å². The lowest BCUT2D eigenvalue weighted by Gasteiger charge is -2.04. The Hall–Kier alpha value is -2.32. The van der Waals surface area contributed by atoms with Gasteiger partial charge in [-0.05, 0) is 24.4 Å². The highest BCUT2D eigenvalue weighted by Gasteiger charge is 2.16. The minimum Gasteiger partial charge on any atom is -0.382 e. The summed E-state index contributed by atoms with van der Waals surface area (Å²) in [5, 5.41) is 0. The summed E-state index contributed by atoms with van der Waals surface area (Å²) in [6.45, 7) is 0. The average Bonchev–Trinajstić information content (AvgIpc) is 2.76. The van der Waals surface area contributed by atoms with E-state index in [2.05, 4.69) is 9.97 Å². The zero-order valence-electron chi connectivity index (χ0n) is 10.1. The molecule has 8 heteroatoms. The van der Waals surface area contributed by atoms with Crippen LogP contribution in [-0.2, 0) is 0 Å². The molecule has 0 atom stereocenters. The fourth-order valence-corrected chi connectivity index (χ4v) is 3.12. The van der Waals surface area contributed by atoms with Crippen molar-refractivity contribution in [2.75, 3.05) is 5.73 Å². The quantitative estimate of drug-likeness (QED) is 0.704. The number of carbonyl (C=O) groups excluding carboxylic acids is 1. The molecule has 1 amide bonds. The van der Waals surface area contributed by atoms with Crippen LogP contribution in [0.1, 0.15) is 10.6 Å².